The number of halogens is 1. The third-order valence-corrected chi connectivity index (χ3v) is 7.69. The summed E-state index contributed by atoms with van der Waals surface area (Å²) in [4.78, 5) is 33.5. The first-order chi connectivity index (χ1) is 17.3. The summed E-state index contributed by atoms with van der Waals surface area (Å²) in [6, 6.07) is 17.0. The molecule has 0 saturated carbocycles. The van der Waals surface area contributed by atoms with Crippen LogP contribution in [0.5, 0.6) is 0 Å². The molecule has 2 aromatic carbocycles. The Morgan fingerprint density at radius 3 is 2.50 bits per heavy atom. The lowest BCUT2D eigenvalue weighted by Crippen LogP contribution is -2.30. The second-order valence-electron chi connectivity index (χ2n) is 8.31. The fraction of sp³-hybridized carbons (Fsp3) is 0.214. The van der Waals surface area contributed by atoms with Crippen LogP contribution >= 0.6 is 22.9 Å². The molecule has 4 aromatic rings. The van der Waals surface area contributed by atoms with Crippen LogP contribution in [0.15, 0.2) is 48.5 Å². The van der Waals surface area contributed by atoms with E-state index in [2.05, 4.69) is 11.4 Å². The molecule has 1 N–H and O–H groups in total. The monoisotopic (exact) mass is 516 g/mol. The van der Waals surface area contributed by atoms with Crippen LogP contribution in [0.3, 0.4) is 0 Å². The molecule has 0 saturated heterocycles. The van der Waals surface area contributed by atoms with E-state index in [9.17, 15) is 14.9 Å². The molecule has 182 valence electrons. The van der Waals surface area contributed by atoms with E-state index in [1.54, 1.807) is 36.1 Å². The Bertz CT molecular complexity index is 1530. The first-order valence-corrected chi connectivity index (χ1v) is 12.8. The number of amides is 2. The molecule has 2 amide bonds. The fourth-order valence-electron chi connectivity index (χ4n) is 4.16. The topological polar surface area (TPSA) is 86.1 Å². The van der Waals surface area contributed by atoms with Crippen LogP contribution in [0.2, 0.25) is 5.02 Å². The van der Waals surface area contributed by atoms with Gasteiger partial charge in [0.05, 0.1) is 32.2 Å². The number of rotatable bonds is 6. The van der Waals surface area contributed by atoms with Gasteiger partial charge in [0.15, 0.2) is 0 Å². The van der Waals surface area contributed by atoms with Crippen molar-refractivity contribution in [2.75, 3.05) is 18.4 Å². The molecule has 2 heterocycles. The lowest BCUT2D eigenvalue weighted by molar-refractivity contribution is 0.0777. The summed E-state index contributed by atoms with van der Waals surface area (Å²) in [5, 5.41) is 14.1. The summed E-state index contributed by atoms with van der Waals surface area (Å²) < 4.78 is 0. The molecule has 0 aliphatic rings. The highest BCUT2D eigenvalue weighted by molar-refractivity contribution is 7.18. The molecule has 0 atom stereocenters. The van der Waals surface area contributed by atoms with E-state index in [-0.39, 0.29) is 5.91 Å². The lowest BCUT2D eigenvalue weighted by atomic mass is 10.0. The van der Waals surface area contributed by atoms with Gasteiger partial charge >= 0.3 is 0 Å². The fourth-order valence-corrected chi connectivity index (χ4v) is 5.50. The summed E-state index contributed by atoms with van der Waals surface area (Å²) in [6.45, 7) is 8.65. The number of pyridine rings is 1. The molecular weight excluding hydrogens is 492 g/mol. The van der Waals surface area contributed by atoms with Gasteiger partial charge in [-0.2, -0.15) is 5.26 Å². The minimum Gasteiger partial charge on any atom is -0.338 e. The maximum atomic E-state index is 13.6. The molecule has 0 aliphatic carbocycles. The Kier molecular flexibility index (Phi) is 7.39. The van der Waals surface area contributed by atoms with Crippen molar-refractivity contribution in [3.05, 3.63) is 80.7 Å². The third kappa shape index (κ3) is 4.58. The van der Waals surface area contributed by atoms with Gasteiger partial charge in [-0.15, -0.1) is 11.3 Å². The minimum atomic E-state index is -0.404. The number of nitrogens with zero attached hydrogens (tertiary/aromatic N) is 3. The van der Waals surface area contributed by atoms with E-state index >= 15 is 0 Å². The van der Waals surface area contributed by atoms with Gasteiger partial charge in [-0.1, -0.05) is 48.0 Å². The van der Waals surface area contributed by atoms with Crippen molar-refractivity contribution < 1.29 is 9.59 Å². The van der Waals surface area contributed by atoms with E-state index in [4.69, 9.17) is 16.6 Å². The number of nitrogens with one attached hydrogen (secondary N) is 1. The zero-order valence-electron chi connectivity index (χ0n) is 20.5. The number of para-hydroxylation sites is 1. The molecule has 0 spiro atoms. The van der Waals surface area contributed by atoms with Gasteiger partial charge in [0, 0.05) is 24.0 Å². The number of anilines is 1. The van der Waals surface area contributed by atoms with Crippen molar-refractivity contribution >= 4 is 50.7 Å². The summed E-state index contributed by atoms with van der Waals surface area (Å²) in [5.41, 5.74) is 4.29. The van der Waals surface area contributed by atoms with Crippen LogP contribution in [0.25, 0.3) is 22.2 Å². The van der Waals surface area contributed by atoms with Gasteiger partial charge < -0.3 is 10.2 Å². The lowest BCUT2D eigenvalue weighted by Gasteiger charge is -2.17. The Morgan fingerprint density at radius 2 is 1.83 bits per heavy atom. The highest BCUT2D eigenvalue weighted by Crippen LogP contribution is 2.35. The Morgan fingerprint density at radius 1 is 1.11 bits per heavy atom. The van der Waals surface area contributed by atoms with Crippen molar-refractivity contribution in [3.63, 3.8) is 0 Å². The average molecular weight is 517 g/mol. The summed E-state index contributed by atoms with van der Waals surface area (Å²) in [6.07, 6.45) is 0. The first-order valence-electron chi connectivity index (χ1n) is 11.6. The number of fused-ring (bicyclic) bond motifs is 1. The maximum absolute atomic E-state index is 13.6. The molecule has 4 rings (SSSR count). The van der Waals surface area contributed by atoms with Crippen LogP contribution in [0.4, 0.5) is 5.00 Å². The van der Waals surface area contributed by atoms with Crippen LogP contribution in [0.1, 0.15) is 50.6 Å². The minimum absolute atomic E-state index is 0.150. The van der Waals surface area contributed by atoms with Crippen molar-refractivity contribution in [1.29, 1.82) is 5.26 Å². The summed E-state index contributed by atoms with van der Waals surface area (Å²) >= 11 is 7.60. The number of carbonyl (C=O) groups excluding carboxylic acids is 2. The largest absolute Gasteiger partial charge is 0.338 e. The standard InChI is InChI=1S/C28H25ClN4O2S/c1-5-33(6-2)28(35)25-17(4)21(15-30)27(36-25)32-26(34)20-14-23(18-11-8-7-10-16(18)3)31-24-19(20)12-9-13-22(24)29/h7-14H,5-6H2,1-4H3,(H,32,34). The molecule has 6 nitrogen and oxygen atoms in total. The van der Waals surface area contributed by atoms with E-state index in [0.29, 0.717) is 61.3 Å². The zero-order chi connectivity index (χ0) is 26.0. The highest BCUT2D eigenvalue weighted by Gasteiger charge is 2.25. The third-order valence-electron chi connectivity index (χ3n) is 6.19. The average Bonchev–Trinajstić information content (AvgIpc) is 3.19. The van der Waals surface area contributed by atoms with Crippen molar-refractivity contribution in [1.82, 2.24) is 9.88 Å². The number of benzene rings is 2. The van der Waals surface area contributed by atoms with E-state index in [1.807, 2.05) is 45.0 Å². The van der Waals surface area contributed by atoms with Gasteiger partial charge in [0.2, 0.25) is 0 Å². The molecule has 0 unspecified atom stereocenters. The normalized spacial score (nSPS) is 10.8. The number of hydrogen-bond acceptors (Lipinski definition) is 5. The highest BCUT2D eigenvalue weighted by atomic mass is 35.5. The van der Waals surface area contributed by atoms with Crippen LogP contribution in [0, 0.1) is 25.2 Å². The van der Waals surface area contributed by atoms with Crippen molar-refractivity contribution in [2.24, 2.45) is 0 Å². The van der Waals surface area contributed by atoms with Gasteiger partial charge in [-0.05, 0) is 51.0 Å². The molecule has 0 bridgehead atoms. The molecule has 36 heavy (non-hydrogen) atoms. The summed E-state index contributed by atoms with van der Waals surface area (Å²) in [7, 11) is 0. The molecular formula is C28H25ClN4O2S. The number of aromatic nitrogens is 1. The van der Waals surface area contributed by atoms with Crippen LogP contribution in [-0.4, -0.2) is 34.8 Å². The number of aryl methyl sites for hydroxylation is 1. The number of thiophene rings is 1. The van der Waals surface area contributed by atoms with E-state index < -0.39 is 5.91 Å². The smallest absolute Gasteiger partial charge is 0.264 e. The van der Waals surface area contributed by atoms with Gasteiger partial charge in [0.25, 0.3) is 11.8 Å². The first kappa shape index (κ1) is 25.4. The molecule has 0 fully saturated rings. The SMILES string of the molecule is CCN(CC)C(=O)c1sc(NC(=O)c2cc(-c3ccccc3C)nc3c(Cl)cccc23)c(C#N)c1C. The second-order valence-corrected chi connectivity index (χ2v) is 9.74. The second kappa shape index (κ2) is 10.5. The summed E-state index contributed by atoms with van der Waals surface area (Å²) in [5.74, 6) is -0.554. The van der Waals surface area contributed by atoms with Gasteiger partial charge in [0.1, 0.15) is 11.1 Å². The zero-order valence-corrected chi connectivity index (χ0v) is 22.0. The predicted octanol–water partition coefficient (Wildman–Crippen LogP) is 6.84. The van der Waals surface area contributed by atoms with Crippen molar-refractivity contribution in [2.45, 2.75) is 27.7 Å². The Hall–Kier alpha value is -3.73. The molecule has 2 aromatic heterocycles. The van der Waals surface area contributed by atoms with E-state index in [0.717, 1.165) is 22.5 Å². The molecule has 0 aliphatic heterocycles. The maximum Gasteiger partial charge on any atom is 0.264 e. The quantitative estimate of drug-likeness (QED) is 0.304. The van der Waals surface area contributed by atoms with Crippen LogP contribution in [-0.2, 0) is 0 Å². The molecule has 0 radical (unpaired) electrons. The predicted molar refractivity (Wildman–Crippen MR) is 146 cm³/mol. The van der Waals surface area contributed by atoms with Gasteiger partial charge in [-0.25, -0.2) is 4.98 Å². The number of carbonyl (C=O) groups is 2. The number of nitriles is 1. The Labute approximate surface area is 219 Å². The van der Waals surface area contributed by atoms with Crippen LogP contribution < -0.4 is 5.32 Å². The molecule has 8 heteroatoms. The van der Waals surface area contributed by atoms with Crippen molar-refractivity contribution in [3.8, 4) is 17.3 Å². The number of hydrogen-bond donors (Lipinski definition) is 1. The van der Waals surface area contributed by atoms with E-state index in [1.165, 1.54) is 0 Å². The Balaban J connectivity index is 1.82. The van der Waals surface area contributed by atoms with Gasteiger partial charge in [-0.3, -0.25) is 9.59 Å².